The van der Waals surface area contributed by atoms with E-state index in [9.17, 15) is 8.78 Å². The molecule has 2 rings (SSSR count). The van der Waals surface area contributed by atoms with Crippen LogP contribution in [0.4, 0.5) is 8.78 Å². The van der Waals surface area contributed by atoms with Crippen LogP contribution in [0.15, 0.2) is 23.2 Å². The lowest BCUT2D eigenvalue weighted by atomic mass is 9.83. The highest BCUT2D eigenvalue weighted by Gasteiger charge is 2.33. The second kappa shape index (κ2) is 9.70. The van der Waals surface area contributed by atoms with Crippen LogP contribution in [0.3, 0.4) is 0 Å². The van der Waals surface area contributed by atoms with Crippen molar-refractivity contribution in [2.45, 2.75) is 38.5 Å². The van der Waals surface area contributed by atoms with Gasteiger partial charge in [-0.15, -0.1) is 0 Å². The molecule has 1 fully saturated rings. The summed E-state index contributed by atoms with van der Waals surface area (Å²) < 4.78 is 31.8. The van der Waals surface area contributed by atoms with Gasteiger partial charge in [0.1, 0.15) is 11.6 Å². The molecule has 0 saturated heterocycles. The van der Waals surface area contributed by atoms with Gasteiger partial charge in [0.15, 0.2) is 5.96 Å². The number of aliphatic imine (C=N–C) groups is 1. The molecule has 0 spiro atoms. The van der Waals surface area contributed by atoms with E-state index in [0.29, 0.717) is 24.5 Å². The molecule has 4 nitrogen and oxygen atoms in total. The van der Waals surface area contributed by atoms with Gasteiger partial charge in [0.05, 0.1) is 0 Å². The molecule has 0 bridgehead atoms. The first-order chi connectivity index (χ1) is 12.1. The van der Waals surface area contributed by atoms with Crippen LogP contribution < -0.4 is 10.6 Å². The first kappa shape index (κ1) is 19.6. The third-order valence-corrected chi connectivity index (χ3v) is 5.06. The van der Waals surface area contributed by atoms with Gasteiger partial charge in [-0.05, 0) is 42.7 Å². The van der Waals surface area contributed by atoms with E-state index in [-0.39, 0.29) is 5.41 Å². The lowest BCUT2D eigenvalue weighted by Gasteiger charge is -2.30. The van der Waals surface area contributed by atoms with Gasteiger partial charge in [-0.3, -0.25) is 4.99 Å². The molecule has 6 heteroatoms. The molecule has 0 atom stereocenters. The number of ether oxygens (including phenoxy) is 1. The second-order valence-electron chi connectivity index (χ2n) is 6.79. The first-order valence-electron chi connectivity index (χ1n) is 8.96. The highest BCUT2D eigenvalue weighted by atomic mass is 19.1. The molecule has 0 amide bonds. The van der Waals surface area contributed by atoms with Crippen molar-refractivity contribution in [3.8, 4) is 0 Å². The molecular formula is C19H29F2N3O. The van der Waals surface area contributed by atoms with Crippen molar-refractivity contribution in [3.63, 3.8) is 0 Å². The summed E-state index contributed by atoms with van der Waals surface area (Å²) in [5.74, 6) is -0.343. The average molecular weight is 353 g/mol. The Morgan fingerprint density at radius 3 is 2.64 bits per heavy atom. The summed E-state index contributed by atoms with van der Waals surface area (Å²) in [5.41, 5.74) is 0.771. The van der Waals surface area contributed by atoms with Gasteiger partial charge >= 0.3 is 0 Å². The molecule has 0 aliphatic heterocycles. The topological polar surface area (TPSA) is 45.7 Å². The van der Waals surface area contributed by atoms with Crippen LogP contribution in [0.1, 0.15) is 37.7 Å². The van der Waals surface area contributed by atoms with E-state index in [1.54, 1.807) is 14.2 Å². The molecule has 1 saturated carbocycles. The SMILES string of the molecule is CN=C(NCCc1ccc(F)cc1F)NCC1(CCOC)CCCC1. The number of rotatable bonds is 8. The number of nitrogens with one attached hydrogen (secondary N) is 2. The average Bonchev–Trinajstić information content (AvgIpc) is 3.07. The molecule has 0 aromatic heterocycles. The Labute approximate surface area is 149 Å². The minimum atomic E-state index is -0.551. The van der Waals surface area contributed by atoms with Crippen molar-refractivity contribution in [1.82, 2.24) is 10.6 Å². The maximum Gasteiger partial charge on any atom is 0.191 e. The zero-order valence-electron chi connectivity index (χ0n) is 15.2. The number of methoxy groups -OCH3 is 1. The van der Waals surface area contributed by atoms with E-state index in [1.165, 1.54) is 37.8 Å². The minimum Gasteiger partial charge on any atom is -0.385 e. The lowest BCUT2D eigenvalue weighted by molar-refractivity contribution is 0.138. The molecule has 25 heavy (non-hydrogen) atoms. The van der Waals surface area contributed by atoms with Crippen LogP contribution in [0.5, 0.6) is 0 Å². The van der Waals surface area contributed by atoms with Crippen LogP contribution in [0.25, 0.3) is 0 Å². The van der Waals surface area contributed by atoms with E-state index in [4.69, 9.17) is 4.74 Å². The standard InChI is InChI=1S/C19H29F2N3O/c1-22-18(23-11-7-15-5-6-16(20)13-17(15)21)24-14-19(10-12-25-2)8-3-4-9-19/h5-6,13H,3-4,7-12,14H2,1-2H3,(H2,22,23,24). The minimum absolute atomic E-state index is 0.274. The molecule has 0 heterocycles. The van der Waals surface area contributed by atoms with Crippen LogP contribution in [0.2, 0.25) is 0 Å². The van der Waals surface area contributed by atoms with Crippen LogP contribution in [-0.4, -0.2) is 39.8 Å². The number of hydrogen-bond acceptors (Lipinski definition) is 2. The quantitative estimate of drug-likeness (QED) is 0.557. The van der Waals surface area contributed by atoms with Crippen LogP contribution >= 0.6 is 0 Å². The van der Waals surface area contributed by atoms with Gasteiger partial charge in [0.2, 0.25) is 0 Å². The fourth-order valence-electron chi connectivity index (χ4n) is 3.49. The summed E-state index contributed by atoms with van der Waals surface area (Å²) in [7, 11) is 3.47. The monoisotopic (exact) mass is 353 g/mol. The number of halogens is 2. The zero-order valence-corrected chi connectivity index (χ0v) is 15.2. The van der Waals surface area contributed by atoms with Crippen LogP contribution in [0, 0.1) is 17.0 Å². The third kappa shape index (κ3) is 5.96. The number of benzene rings is 1. The van der Waals surface area contributed by atoms with E-state index in [0.717, 1.165) is 25.6 Å². The van der Waals surface area contributed by atoms with Gasteiger partial charge in [0, 0.05) is 39.9 Å². The molecule has 0 unspecified atom stereocenters. The molecule has 1 aliphatic carbocycles. The van der Waals surface area contributed by atoms with Crippen molar-refractivity contribution >= 4 is 5.96 Å². The Balaban J connectivity index is 1.80. The smallest absolute Gasteiger partial charge is 0.191 e. The van der Waals surface area contributed by atoms with Gasteiger partial charge in [0.25, 0.3) is 0 Å². The maximum absolute atomic E-state index is 13.7. The van der Waals surface area contributed by atoms with E-state index < -0.39 is 11.6 Å². The van der Waals surface area contributed by atoms with E-state index in [2.05, 4.69) is 15.6 Å². The third-order valence-electron chi connectivity index (χ3n) is 5.06. The Bertz CT molecular complexity index is 572. The summed E-state index contributed by atoms with van der Waals surface area (Å²) in [4.78, 5) is 4.24. The summed E-state index contributed by atoms with van der Waals surface area (Å²) in [6.07, 6.45) is 6.47. The van der Waals surface area contributed by atoms with E-state index >= 15 is 0 Å². The Morgan fingerprint density at radius 1 is 1.24 bits per heavy atom. The molecular weight excluding hydrogens is 324 g/mol. The zero-order chi connectivity index (χ0) is 18.1. The number of nitrogens with zero attached hydrogens (tertiary/aromatic N) is 1. The van der Waals surface area contributed by atoms with Crippen molar-refractivity contribution in [1.29, 1.82) is 0 Å². The highest BCUT2D eigenvalue weighted by molar-refractivity contribution is 5.79. The van der Waals surface area contributed by atoms with Gasteiger partial charge < -0.3 is 15.4 Å². The summed E-state index contributed by atoms with van der Waals surface area (Å²) in [6.45, 7) is 2.17. The lowest BCUT2D eigenvalue weighted by Crippen LogP contribution is -2.44. The summed E-state index contributed by atoms with van der Waals surface area (Å²) in [5, 5.41) is 6.60. The molecule has 0 radical (unpaired) electrons. The number of guanidine groups is 1. The summed E-state index contributed by atoms with van der Waals surface area (Å²) in [6, 6.07) is 3.69. The number of hydrogen-bond donors (Lipinski definition) is 2. The fraction of sp³-hybridized carbons (Fsp3) is 0.632. The highest BCUT2D eigenvalue weighted by Crippen LogP contribution is 2.40. The maximum atomic E-state index is 13.7. The van der Waals surface area contributed by atoms with Gasteiger partial charge in [-0.1, -0.05) is 18.9 Å². The first-order valence-corrected chi connectivity index (χ1v) is 8.96. The van der Waals surface area contributed by atoms with E-state index in [1.807, 2.05) is 0 Å². The Morgan fingerprint density at radius 2 is 2.00 bits per heavy atom. The Kier molecular flexibility index (Phi) is 7.62. The predicted molar refractivity (Wildman–Crippen MR) is 96.8 cm³/mol. The molecule has 1 aromatic rings. The largest absolute Gasteiger partial charge is 0.385 e. The van der Waals surface area contributed by atoms with Crippen molar-refractivity contribution < 1.29 is 13.5 Å². The molecule has 2 N–H and O–H groups in total. The normalized spacial score (nSPS) is 16.9. The Hall–Kier alpha value is -1.69. The predicted octanol–water partition coefficient (Wildman–Crippen LogP) is 3.27. The second-order valence-corrected chi connectivity index (χ2v) is 6.79. The van der Waals surface area contributed by atoms with Gasteiger partial charge in [-0.25, -0.2) is 8.78 Å². The fourth-order valence-corrected chi connectivity index (χ4v) is 3.49. The van der Waals surface area contributed by atoms with Crippen molar-refractivity contribution in [2.75, 3.05) is 33.9 Å². The van der Waals surface area contributed by atoms with Crippen molar-refractivity contribution in [3.05, 3.63) is 35.4 Å². The van der Waals surface area contributed by atoms with Gasteiger partial charge in [-0.2, -0.15) is 0 Å². The molecule has 140 valence electrons. The molecule has 1 aliphatic rings. The van der Waals surface area contributed by atoms with Crippen LogP contribution in [-0.2, 0) is 11.2 Å². The summed E-state index contributed by atoms with van der Waals surface area (Å²) >= 11 is 0. The molecule has 1 aromatic carbocycles. The van der Waals surface area contributed by atoms with Crippen molar-refractivity contribution in [2.24, 2.45) is 10.4 Å².